The molecule has 0 radical (unpaired) electrons. The molecule has 0 atom stereocenters. The number of hydrogen-bond donors (Lipinski definition) is 2. The number of para-hydroxylation sites is 1. The zero-order valence-corrected chi connectivity index (χ0v) is 14.5. The van der Waals surface area contributed by atoms with Gasteiger partial charge in [0.05, 0.1) is 14.2 Å². The Kier molecular flexibility index (Phi) is 7.05. The van der Waals surface area contributed by atoms with Crippen LogP contribution in [0.2, 0.25) is 0 Å². The Morgan fingerprint density at radius 3 is 2.31 bits per heavy atom. The molecule has 2 amide bonds. The molecule has 7 nitrogen and oxygen atoms in total. The van der Waals surface area contributed by atoms with Crippen LogP contribution in [0.25, 0.3) is 6.08 Å². The van der Waals surface area contributed by atoms with Crippen LogP contribution in [0.5, 0.6) is 17.2 Å². The molecule has 0 fully saturated rings. The third kappa shape index (κ3) is 5.86. The molecule has 136 valence electrons. The second-order valence-electron chi connectivity index (χ2n) is 5.08. The molecule has 0 unspecified atom stereocenters. The maximum absolute atomic E-state index is 11.8. The molecule has 2 aromatic rings. The quantitative estimate of drug-likeness (QED) is 0.585. The first-order valence-corrected chi connectivity index (χ1v) is 7.79. The Balaban J connectivity index is 1.75. The SMILES string of the molecule is COc1ccc(OCC(=O)NNC(=O)C=Cc2ccccc2OC)cc1. The molecule has 7 heteroatoms. The molecule has 0 heterocycles. The molecule has 26 heavy (non-hydrogen) atoms. The highest BCUT2D eigenvalue weighted by Gasteiger charge is 2.04. The van der Waals surface area contributed by atoms with Crippen molar-refractivity contribution in [1.29, 1.82) is 0 Å². The summed E-state index contributed by atoms with van der Waals surface area (Å²) in [5, 5.41) is 0. The van der Waals surface area contributed by atoms with Gasteiger partial charge < -0.3 is 14.2 Å². The second kappa shape index (κ2) is 9.73. The predicted octanol–water partition coefficient (Wildman–Crippen LogP) is 1.94. The first-order valence-electron chi connectivity index (χ1n) is 7.79. The fourth-order valence-corrected chi connectivity index (χ4v) is 2.00. The van der Waals surface area contributed by atoms with Crippen LogP contribution in [0, 0.1) is 0 Å². The van der Waals surface area contributed by atoms with Gasteiger partial charge in [0.2, 0.25) is 0 Å². The Bertz CT molecular complexity index is 772. The van der Waals surface area contributed by atoms with Crippen molar-refractivity contribution in [2.24, 2.45) is 0 Å². The molecule has 2 rings (SSSR count). The van der Waals surface area contributed by atoms with Gasteiger partial charge in [0.1, 0.15) is 17.2 Å². The molecule has 0 saturated carbocycles. The average Bonchev–Trinajstić information content (AvgIpc) is 2.69. The van der Waals surface area contributed by atoms with Crippen LogP contribution >= 0.6 is 0 Å². The van der Waals surface area contributed by atoms with E-state index in [1.54, 1.807) is 50.6 Å². The summed E-state index contributed by atoms with van der Waals surface area (Å²) in [5.74, 6) is 0.890. The van der Waals surface area contributed by atoms with Gasteiger partial charge in [-0.2, -0.15) is 0 Å². The Hall–Kier alpha value is -3.48. The Morgan fingerprint density at radius 1 is 0.923 bits per heavy atom. The molecule has 0 spiro atoms. The predicted molar refractivity (Wildman–Crippen MR) is 96.8 cm³/mol. The summed E-state index contributed by atoms with van der Waals surface area (Å²) in [7, 11) is 3.12. The lowest BCUT2D eigenvalue weighted by Gasteiger charge is -2.08. The van der Waals surface area contributed by atoms with E-state index in [1.807, 2.05) is 18.2 Å². The number of ether oxygens (including phenoxy) is 3. The van der Waals surface area contributed by atoms with Gasteiger partial charge in [-0.05, 0) is 36.4 Å². The highest BCUT2D eigenvalue weighted by molar-refractivity contribution is 5.93. The van der Waals surface area contributed by atoms with E-state index in [9.17, 15) is 9.59 Å². The van der Waals surface area contributed by atoms with Crippen molar-refractivity contribution in [2.45, 2.75) is 0 Å². The summed E-state index contributed by atoms with van der Waals surface area (Å²) in [5.41, 5.74) is 5.30. The largest absolute Gasteiger partial charge is 0.497 e. The summed E-state index contributed by atoms with van der Waals surface area (Å²) in [6.45, 7) is -0.233. The first kappa shape index (κ1) is 18.9. The normalized spacial score (nSPS) is 10.2. The maximum Gasteiger partial charge on any atom is 0.276 e. The number of rotatable bonds is 7. The fourth-order valence-electron chi connectivity index (χ4n) is 2.00. The number of benzene rings is 2. The lowest BCUT2D eigenvalue weighted by Crippen LogP contribution is -2.43. The molecule has 0 aliphatic carbocycles. The van der Waals surface area contributed by atoms with Gasteiger partial charge in [0.15, 0.2) is 6.61 Å². The summed E-state index contributed by atoms with van der Waals surface area (Å²) in [6, 6.07) is 14.1. The third-order valence-electron chi connectivity index (χ3n) is 3.31. The molecule has 0 aromatic heterocycles. The van der Waals surface area contributed by atoms with E-state index in [1.165, 1.54) is 6.08 Å². The summed E-state index contributed by atoms with van der Waals surface area (Å²) in [4.78, 5) is 23.5. The smallest absolute Gasteiger partial charge is 0.276 e. The molecule has 2 aromatic carbocycles. The van der Waals surface area contributed by atoms with Gasteiger partial charge in [0, 0.05) is 11.6 Å². The van der Waals surface area contributed by atoms with Gasteiger partial charge in [-0.1, -0.05) is 18.2 Å². The van der Waals surface area contributed by atoms with Crippen LogP contribution in [0.3, 0.4) is 0 Å². The summed E-state index contributed by atoms with van der Waals surface area (Å²) >= 11 is 0. The summed E-state index contributed by atoms with van der Waals surface area (Å²) < 4.78 is 15.5. The Labute approximate surface area is 151 Å². The van der Waals surface area contributed by atoms with Crippen molar-refractivity contribution >= 4 is 17.9 Å². The van der Waals surface area contributed by atoms with E-state index >= 15 is 0 Å². The monoisotopic (exact) mass is 356 g/mol. The van der Waals surface area contributed by atoms with Crippen molar-refractivity contribution in [2.75, 3.05) is 20.8 Å². The molecule has 0 aliphatic heterocycles. The van der Waals surface area contributed by atoms with E-state index in [4.69, 9.17) is 14.2 Å². The first-order chi connectivity index (χ1) is 12.6. The van der Waals surface area contributed by atoms with Crippen molar-refractivity contribution in [3.63, 3.8) is 0 Å². The van der Waals surface area contributed by atoms with E-state index in [-0.39, 0.29) is 6.61 Å². The van der Waals surface area contributed by atoms with Gasteiger partial charge in [-0.25, -0.2) is 0 Å². The van der Waals surface area contributed by atoms with Crippen LogP contribution < -0.4 is 25.1 Å². The zero-order valence-electron chi connectivity index (χ0n) is 14.5. The standard InChI is InChI=1S/C19H20N2O5/c1-24-15-8-10-16(11-9-15)26-13-19(23)21-20-18(22)12-7-14-5-3-4-6-17(14)25-2/h3-12H,13H2,1-2H3,(H,20,22)(H,21,23). The number of carbonyl (C=O) groups excluding carboxylic acids is 2. The minimum atomic E-state index is -0.486. The minimum Gasteiger partial charge on any atom is -0.497 e. The van der Waals surface area contributed by atoms with Gasteiger partial charge in [-0.3, -0.25) is 20.4 Å². The molecule has 0 aliphatic rings. The highest BCUT2D eigenvalue weighted by Crippen LogP contribution is 2.18. The number of amides is 2. The van der Waals surface area contributed by atoms with Gasteiger partial charge in [0.25, 0.3) is 11.8 Å². The molecular formula is C19H20N2O5. The molecule has 0 bridgehead atoms. The highest BCUT2D eigenvalue weighted by atomic mass is 16.5. The maximum atomic E-state index is 11.8. The molecule has 2 N–H and O–H groups in total. The van der Waals surface area contributed by atoms with E-state index in [0.29, 0.717) is 17.2 Å². The van der Waals surface area contributed by atoms with E-state index in [2.05, 4.69) is 10.9 Å². The third-order valence-corrected chi connectivity index (χ3v) is 3.31. The lowest BCUT2D eigenvalue weighted by molar-refractivity contribution is -0.128. The Morgan fingerprint density at radius 2 is 1.62 bits per heavy atom. The number of hydrazine groups is 1. The fraction of sp³-hybridized carbons (Fsp3) is 0.158. The number of carbonyl (C=O) groups is 2. The number of hydrogen-bond acceptors (Lipinski definition) is 5. The number of methoxy groups -OCH3 is 2. The number of nitrogens with one attached hydrogen (secondary N) is 2. The van der Waals surface area contributed by atoms with Crippen LogP contribution in [0.1, 0.15) is 5.56 Å². The zero-order chi connectivity index (χ0) is 18.8. The van der Waals surface area contributed by atoms with E-state index < -0.39 is 11.8 Å². The van der Waals surface area contributed by atoms with Gasteiger partial charge in [-0.15, -0.1) is 0 Å². The van der Waals surface area contributed by atoms with Crippen molar-refractivity contribution in [1.82, 2.24) is 10.9 Å². The van der Waals surface area contributed by atoms with Crippen molar-refractivity contribution in [3.05, 3.63) is 60.2 Å². The van der Waals surface area contributed by atoms with Gasteiger partial charge >= 0.3 is 0 Å². The van der Waals surface area contributed by atoms with Crippen LogP contribution in [0.4, 0.5) is 0 Å². The molecule has 0 saturated heterocycles. The topological polar surface area (TPSA) is 85.9 Å². The van der Waals surface area contributed by atoms with Crippen LogP contribution in [-0.2, 0) is 9.59 Å². The van der Waals surface area contributed by atoms with Crippen LogP contribution in [-0.4, -0.2) is 32.6 Å². The minimum absolute atomic E-state index is 0.233. The molecular weight excluding hydrogens is 336 g/mol. The average molecular weight is 356 g/mol. The van der Waals surface area contributed by atoms with Crippen LogP contribution in [0.15, 0.2) is 54.6 Å². The van der Waals surface area contributed by atoms with Crippen molar-refractivity contribution < 1.29 is 23.8 Å². The van der Waals surface area contributed by atoms with E-state index in [0.717, 1.165) is 5.56 Å². The lowest BCUT2D eigenvalue weighted by atomic mass is 10.2. The second-order valence-corrected chi connectivity index (χ2v) is 5.08. The van der Waals surface area contributed by atoms with Crippen molar-refractivity contribution in [3.8, 4) is 17.2 Å². The summed E-state index contributed by atoms with van der Waals surface area (Å²) in [6.07, 6.45) is 2.89.